The standard InChI is InChI=1S/C12H13F2NO3/c13-12(14)18-10-4-2-1-3-9(10)15-6-8(7-16)5-11(15)17/h1-4,8,12,16H,5-7H2. The van der Waals surface area contributed by atoms with E-state index in [1.165, 1.54) is 11.0 Å². The Hall–Kier alpha value is -1.69. The van der Waals surface area contributed by atoms with Gasteiger partial charge in [-0.3, -0.25) is 4.79 Å². The van der Waals surface area contributed by atoms with Crippen LogP contribution in [0.4, 0.5) is 14.5 Å². The van der Waals surface area contributed by atoms with E-state index in [1.807, 2.05) is 0 Å². The van der Waals surface area contributed by atoms with Crippen LogP contribution in [-0.4, -0.2) is 30.8 Å². The fourth-order valence-corrected chi connectivity index (χ4v) is 2.01. The van der Waals surface area contributed by atoms with Crippen molar-refractivity contribution < 1.29 is 23.4 Å². The molecule has 1 saturated heterocycles. The molecule has 1 aromatic rings. The first-order chi connectivity index (χ1) is 8.61. The van der Waals surface area contributed by atoms with E-state index in [0.29, 0.717) is 12.2 Å². The van der Waals surface area contributed by atoms with Crippen LogP contribution in [0.3, 0.4) is 0 Å². The summed E-state index contributed by atoms with van der Waals surface area (Å²) in [7, 11) is 0. The summed E-state index contributed by atoms with van der Waals surface area (Å²) in [6.07, 6.45) is 0.222. The van der Waals surface area contributed by atoms with Gasteiger partial charge in [-0.25, -0.2) is 0 Å². The van der Waals surface area contributed by atoms with E-state index in [2.05, 4.69) is 4.74 Å². The number of halogens is 2. The third-order valence-electron chi connectivity index (χ3n) is 2.84. The maximum Gasteiger partial charge on any atom is 0.387 e. The van der Waals surface area contributed by atoms with Crippen molar-refractivity contribution >= 4 is 11.6 Å². The summed E-state index contributed by atoms with van der Waals surface area (Å²) in [5, 5.41) is 9.03. The largest absolute Gasteiger partial charge is 0.433 e. The van der Waals surface area contributed by atoms with Gasteiger partial charge in [0.15, 0.2) is 0 Å². The van der Waals surface area contributed by atoms with Crippen LogP contribution < -0.4 is 9.64 Å². The number of ether oxygens (including phenoxy) is 1. The summed E-state index contributed by atoms with van der Waals surface area (Å²) in [5.74, 6) is -0.379. The van der Waals surface area contributed by atoms with Gasteiger partial charge in [0.2, 0.25) is 5.91 Å². The van der Waals surface area contributed by atoms with Gasteiger partial charge in [-0.15, -0.1) is 0 Å². The predicted molar refractivity (Wildman–Crippen MR) is 60.6 cm³/mol. The first-order valence-electron chi connectivity index (χ1n) is 5.57. The van der Waals surface area contributed by atoms with Crippen LogP contribution in [0.1, 0.15) is 6.42 Å². The molecule has 2 rings (SSSR count). The van der Waals surface area contributed by atoms with Crippen molar-refractivity contribution in [1.82, 2.24) is 0 Å². The van der Waals surface area contributed by atoms with Crippen molar-refractivity contribution in [1.29, 1.82) is 0 Å². The lowest BCUT2D eigenvalue weighted by molar-refractivity contribution is -0.117. The molecule has 18 heavy (non-hydrogen) atoms. The number of benzene rings is 1. The molecule has 6 heteroatoms. The number of amides is 1. The average molecular weight is 257 g/mol. The minimum absolute atomic E-state index is 0.0283. The molecule has 1 aliphatic rings. The Balaban J connectivity index is 2.25. The molecular weight excluding hydrogens is 244 g/mol. The lowest BCUT2D eigenvalue weighted by atomic mass is 10.1. The number of rotatable bonds is 4. The van der Waals surface area contributed by atoms with E-state index < -0.39 is 6.61 Å². The number of hydrogen-bond donors (Lipinski definition) is 1. The number of aliphatic hydroxyl groups excluding tert-OH is 1. The zero-order valence-electron chi connectivity index (χ0n) is 9.55. The Morgan fingerprint density at radius 2 is 2.17 bits per heavy atom. The zero-order chi connectivity index (χ0) is 13.1. The summed E-state index contributed by atoms with van der Waals surface area (Å²) < 4.78 is 28.9. The molecule has 98 valence electrons. The molecule has 1 aromatic carbocycles. The van der Waals surface area contributed by atoms with Crippen molar-refractivity contribution in [2.45, 2.75) is 13.0 Å². The molecule has 4 nitrogen and oxygen atoms in total. The van der Waals surface area contributed by atoms with Gasteiger partial charge in [-0.05, 0) is 12.1 Å². The molecule has 1 fully saturated rings. The van der Waals surface area contributed by atoms with Gasteiger partial charge in [-0.2, -0.15) is 8.78 Å². The van der Waals surface area contributed by atoms with Crippen LogP contribution >= 0.6 is 0 Å². The molecule has 0 spiro atoms. The third kappa shape index (κ3) is 2.59. The van der Waals surface area contributed by atoms with Crippen molar-refractivity contribution in [3.8, 4) is 5.75 Å². The smallest absolute Gasteiger partial charge is 0.387 e. The monoisotopic (exact) mass is 257 g/mol. The van der Waals surface area contributed by atoms with Gasteiger partial charge in [-0.1, -0.05) is 12.1 Å². The van der Waals surface area contributed by atoms with Gasteiger partial charge in [0.1, 0.15) is 5.75 Å². The van der Waals surface area contributed by atoms with E-state index in [9.17, 15) is 13.6 Å². The first-order valence-corrected chi connectivity index (χ1v) is 5.57. The van der Waals surface area contributed by atoms with E-state index in [0.717, 1.165) is 0 Å². The number of carbonyl (C=O) groups is 1. The van der Waals surface area contributed by atoms with Crippen LogP contribution in [0.2, 0.25) is 0 Å². The average Bonchev–Trinajstić information content (AvgIpc) is 2.70. The molecular formula is C12H13F2NO3. The number of anilines is 1. The van der Waals surface area contributed by atoms with Gasteiger partial charge < -0.3 is 14.7 Å². The van der Waals surface area contributed by atoms with Crippen LogP contribution in [0.5, 0.6) is 5.75 Å². The Bertz CT molecular complexity index is 439. The topological polar surface area (TPSA) is 49.8 Å². The number of nitrogens with zero attached hydrogens (tertiary/aromatic N) is 1. The van der Waals surface area contributed by atoms with Crippen molar-refractivity contribution in [3.05, 3.63) is 24.3 Å². The molecule has 0 radical (unpaired) electrons. The molecule has 1 N–H and O–H groups in total. The number of alkyl halides is 2. The summed E-state index contributed by atoms with van der Waals surface area (Å²) in [6, 6.07) is 6.15. The normalized spacial score (nSPS) is 19.7. The highest BCUT2D eigenvalue weighted by Gasteiger charge is 2.31. The Morgan fingerprint density at radius 1 is 1.44 bits per heavy atom. The molecule has 1 heterocycles. The molecule has 0 bridgehead atoms. The summed E-state index contributed by atoms with van der Waals surface area (Å²) in [6.45, 7) is -2.71. The molecule has 1 unspecified atom stereocenters. The van der Waals surface area contributed by atoms with Crippen molar-refractivity contribution in [3.63, 3.8) is 0 Å². The summed E-state index contributed by atoms with van der Waals surface area (Å²) in [4.78, 5) is 13.1. The predicted octanol–water partition coefficient (Wildman–Crippen LogP) is 1.63. The Kier molecular flexibility index (Phi) is 3.76. The van der Waals surface area contributed by atoms with Gasteiger partial charge in [0.05, 0.1) is 5.69 Å². The summed E-state index contributed by atoms with van der Waals surface area (Å²) in [5.41, 5.74) is 0.318. The highest BCUT2D eigenvalue weighted by molar-refractivity contribution is 5.97. The Labute approximate surface area is 103 Å². The van der Waals surface area contributed by atoms with E-state index in [-0.39, 0.29) is 30.6 Å². The van der Waals surface area contributed by atoms with Gasteiger partial charge >= 0.3 is 6.61 Å². The Morgan fingerprint density at radius 3 is 2.78 bits per heavy atom. The zero-order valence-corrected chi connectivity index (χ0v) is 9.55. The molecule has 0 saturated carbocycles. The quantitative estimate of drug-likeness (QED) is 0.892. The fraction of sp³-hybridized carbons (Fsp3) is 0.417. The highest BCUT2D eigenvalue weighted by atomic mass is 19.3. The maximum atomic E-state index is 12.3. The second kappa shape index (κ2) is 5.30. The second-order valence-electron chi connectivity index (χ2n) is 4.10. The van der Waals surface area contributed by atoms with Gasteiger partial charge in [0.25, 0.3) is 0 Å². The van der Waals surface area contributed by atoms with Crippen molar-refractivity contribution in [2.75, 3.05) is 18.1 Å². The van der Waals surface area contributed by atoms with Crippen LogP contribution in [0.25, 0.3) is 0 Å². The lowest BCUT2D eigenvalue weighted by Crippen LogP contribution is -2.25. The van der Waals surface area contributed by atoms with Gasteiger partial charge in [0, 0.05) is 25.5 Å². The second-order valence-corrected chi connectivity index (χ2v) is 4.10. The molecule has 1 amide bonds. The summed E-state index contributed by atoms with van der Waals surface area (Å²) >= 11 is 0. The molecule has 0 aromatic heterocycles. The third-order valence-corrected chi connectivity index (χ3v) is 2.84. The lowest BCUT2D eigenvalue weighted by Gasteiger charge is -2.19. The van der Waals surface area contributed by atoms with E-state index in [4.69, 9.17) is 5.11 Å². The SMILES string of the molecule is O=C1CC(CO)CN1c1ccccc1OC(F)F. The number of hydrogen-bond acceptors (Lipinski definition) is 3. The minimum Gasteiger partial charge on any atom is -0.433 e. The first kappa shape index (κ1) is 12.8. The minimum atomic E-state index is -2.93. The van der Waals surface area contributed by atoms with Crippen molar-refractivity contribution in [2.24, 2.45) is 5.92 Å². The number of aliphatic hydroxyl groups is 1. The molecule has 1 atom stereocenters. The van der Waals surface area contributed by atoms with Crippen LogP contribution in [0.15, 0.2) is 24.3 Å². The number of para-hydroxylation sites is 2. The van der Waals surface area contributed by atoms with Crippen LogP contribution in [-0.2, 0) is 4.79 Å². The maximum absolute atomic E-state index is 12.3. The molecule has 0 aliphatic carbocycles. The fourth-order valence-electron chi connectivity index (χ4n) is 2.01. The van der Waals surface area contributed by atoms with Crippen LogP contribution in [0, 0.1) is 5.92 Å². The highest BCUT2D eigenvalue weighted by Crippen LogP contribution is 2.33. The molecule has 1 aliphatic heterocycles. The van der Waals surface area contributed by atoms with E-state index in [1.54, 1.807) is 18.2 Å². The van der Waals surface area contributed by atoms with E-state index >= 15 is 0 Å². The number of carbonyl (C=O) groups excluding carboxylic acids is 1.